The summed E-state index contributed by atoms with van der Waals surface area (Å²) >= 11 is 4.27. The molecule has 4 rings (SSSR count). The minimum absolute atomic E-state index is 0.103. The summed E-state index contributed by atoms with van der Waals surface area (Å²) < 4.78 is 0. The van der Waals surface area contributed by atoms with Crippen molar-refractivity contribution >= 4 is 57.1 Å². The number of amides is 2. The number of nitrogens with one attached hydrogen (secondary N) is 2. The minimum atomic E-state index is -0.296. The van der Waals surface area contributed by atoms with Gasteiger partial charge in [-0.1, -0.05) is 36.4 Å². The number of nitrogens with zero attached hydrogens (tertiary/aromatic N) is 1. The molecule has 2 N–H and O–H groups in total. The number of carbonyl (C=O) groups is 2. The zero-order valence-electron chi connectivity index (χ0n) is 16.6. The zero-order valence-corrected chi connectivity index (χ0v) is 19.0. The molecule has 0 saturated carbocycles. The molecule has 2 aromatic heterocycles. The van der Waals surface area contributed by atoms with Gasteiger partial charge in [-0.2, -0.15) is 0 Å². The summed E-state index contributed by atoms with van der Waals surface area (Å²) in [5.74, 6) is -0.226. The molecule has 0 aliphatic heterocycles. The molecule has 0 saturated heterocycles. The minimum Gasteiger partial charge on any atom is -0.321 e. The fraction of sp³-hybridized carbons (Fsp3) is 0.0870. The van der Waals surface area contributed by atoms with E-state index in [2.05, 4.69) is 15.6 Å². The summed E-state index contributed by atoms with van der Waals surface area (Å²) in [6.07, 6.45) is 0. The highest BCUT2D eigenvalue weighted by Crippen LogP contribution is 2.28. The number of carbonyl (C=O) groups excluding carboxylic acids is 2. The Morgan fingerprint density at radius 1 is 0.935 bits per heavy atom. The van der Waals surface area contributed by atoms with Crippen molar-refractivity contribution in [3.05, 3.63) is 82.4 Å². The lowest BCUT2D eigenvalue weighted by atomic mass is 10.2. The monoisotopic (exact) mass is 465 g/mol. The smallest absolute Gasteiger partial charge is 0.265 e. The van der Waals surface area contributed by atoms with Crippen LogP contribution in [0.3, 0.4) is 0 Å². The Hall–Kier alpha value is -2.94. The van der Waals surface area contributed by atoms with Gasteiger partial charge >= 0.3 is 0 Å². The van der Waals surface area contributed by atoms with Gasteiger partial charge < -0.3 is 10.6 Å². The molecule has 2 heterocycles. The summed E-state index contributed by atoms with van der Waals surface area (Å²) in [7, 11) is 0. The highest BCUT2D eigenvalue weighted by atomic mass is 32.2. The Labute approximate surface area is 192 Å². The van der Waals surface area contributed by atoms with Crippen LogP contribution in [0.5, 0.6) is 0 Å². The molecule has 8 heteroatoms. The molecule has 156 valence electrons. The summed E-state index contributed by atoms with van der Waals surface area (Å²) in [5.41, 5.74) is 2.59. The Kier molecular flexibility index (Phi) is 6.81. The van der Waals surface area contributed by atoms with Gasteiger partial charge in [-0.25, -0.2) is 4.98 Å². The van der Waals surface area contributed by atoms with Crippen molar-refractivity contribution in [3.63, 3.8) is 0 Å². The maximum Gasteiger partial charge on any atom is 0.265 e. The normalized spacial score (nSPS) is 11.6. The first-order valence-corrected chi connectivity index (χ1v) is 12.2. The topological polar surface area (TPSA) is 71.1 Å². The first kappa shape index (κ1) is 21.3. The van der Waals surface area contributed by atoms with Crippen LogP contribution in [0.1, 0.15) is 16.6 Å². The summed E-state index contributed by atoms with van der Waals surface area (Å²) in [6, 6.07) is 21.0. The molecule has 0 spiro atoms. The number of thiazole rings is 1. The maximum atomic E-state index is 12.6. The van der Waals surface area contributed by atoms with E-state index in [-0.39, 0.29) is 17.1 Å². The van der Waals surface area contributed by atoms with Crippen LogP contribution in [0, 0.1) is 0 Å². The third-order valence-electron chi connectivity index (χ3n) is 4.34. The third-order valence-corrected chi connectivity index (χ3v) is 7.08. The standard InChI is InChI=1S/C23H19N3O2S3/c1-15(21(27)26-23-25-19(14-30-23)16-6-3-2-4-7-16)31-18-11-9-17(10-12-18)24-22(28)20-8-5-13-29-20/h2-15H,1H3,(H,24,28)(H,25,26,27). The van der Waals surface area contributed by atoms with Crippen molar-refractivity contribution in [1.29, 1.82) is 0 Å². The van der Waals surface area contributed by atoms with Crippen molar-refractivity contribution in [2.24, 2.45) is 0 Å². The molecule has 2 amide bonds. The van der Waals surface area contributed by atoms with E-state index in [0.29, 0.717) is 10.0 Å². The molecular formula is C23H19N3O2S3. The van der Waals surface area contributed by atoms with E-state index < -0.39 is 0 Å². The van der Waals surface area contributed by atoms with E-state index in [4.69, 9.17) is 0 Å². The van der Waals surface area contributed by atoms with E-state index >= 15 is 0 Å². The van der Waals surface area contributed by atoms with Gasteiger partial charge in [0, 0.05) is 21.5 Å². The summed E-state index contributed by atoms with van der Waals surface area (Å²) in [5, 5.41) is 9.87. The van der Waals surface area contributed by atoms with Crippen molar-refractivity contribution in [1.82, 2.24) is 4.98 Å². The van der Waals surface area contributed by atoms with Crippen molar-refractivity contribution < 1.29 is 9.59 Å². The Morgan fingerprint density at radius 2 is 1.71 bits per heavy atom. The number of hydrogen-bond acceptors (Lipinski definition) is 6. The Morgan fingerprint density at radius 3 is 2.42 bits per heavy atom. The van der Waals surface area contributed by atoms with E-state index in [1.807, 2.05) is 78.3 Å². The second-order valence-electron chi connectivity index (χ2n) is 6.61. The molecule has 1 atom stereocenters. The van der Waals surface area contributed by atoms with E-state index in [1.165, 1.54) is 34.4 Å². The lowest BCUT2D eigenvalue weighted by Crippen LogP contribution is -2.22. The Bertz CT molecular complexity index is 1160. The van der Waals surface area contributed by atoms with Gasteiger partial charge in [-0.05, 0) is 42.6 Å². The van der Waals surface area contributed by atoms with Gasteiger partial charge in [0.05, 0.1) is 15.8 Å². The maximum absolute atomic E-state index is 12.6. The number of rotatable bonds is 7. The highest BCUT2D eigenvalue weighted by Gasteiger charge is 2.16. The van der Waals surface area contributed by atoms with Crippen LogP contribution in [-0.4, -0.2) is 22.0 Å². The van der Waals surface area contributed by atoms with Gasteiger partial charge in [0.25, 0.3) is 5.91 Å². The lowest BCUT2D eigenvalue weighted by molar-refractivity contribution is -0.115. The first-order chi connectivity index (χ1) is 15.1. The van der Waals surface area contributed by atoms with Crippen LogP contribution in [0.25, 0.3) is 11.3 Å². The van der Waals surface area contributed by atoms with Crippen molar-refractivity contribution in [2.75, 3.05) is 10.6 Å². The van der Waals surface area contributed by atoms with Gasteiger partial charge in [0.15, 0.2) is 5.13 Å². The van der Waals surface area contributed by atoms with Gasteiger partial charge in [-0.3, -0.25) is 9.59 Å². The predicted molar refractivity (Wildman–Crippen MR) is 130 cm³/mol. The molecule has 0 aliphatic rings. The summed E-state index contributed by atoms with van der Waals surface area (Å²) in [4.78, 5) is 30.8. The Balaban J connectivity index is 1.31. The SMILES string of the molecule is CC(Sc1ccc(NC(=O)c2cccs2)cc1)C(=O)Nc1nc(-c2ccccc2)cs1. The van der Waals surface area contributed by atoms with Gasteiger partial charge in [0.1, 0.15) is 0 Å². The number of benzene rings is 2. The van der Waals surface area contributed by atoms with Crippen LogP contribution in [0.4, 0.5) is 10.8 Å². The van der Waals surface area contributed by atoms with E-state index in [1.54, 1.807) is 6.07 Å². The quantitative estimate of drug-likeness (QED) is 0.317. The highest BCUT2D eigenvalue weighted by molar-refractivity contribution is 8.00. The predicted octanol–water partition coefficient (Wildman–Crippen LogP) is 6.24. The zero-order chi connectivity index (χ0) is 21.6. The van der Waals surface area contributed by atoms with Crippen LogP contribution in [0.15, 0.2) is 82.4 Å². The van der Waals surface area contributed by atoms with E-state index in [9.17, 15) is 9.59 Å². The molecule has 4 aromatic rings. The number of thiophene rings is 1. The molecule has 0 fully saturated rings. The second kappa shape index (κ2) is 9.91. The molecule has 31 heavy (non-hydrogen) atoms. The lowest BCUT2D eigenvalue weighted by Gasteiger charge is -2.11. The molecule has 1 unspecified atom stereocenters. The third kappa shape index (κ3) is 5.61. The number of thioether (sulfide) groups is 1. The fourth-order valence-electron chi connectivity index (χ4n) is 2.75. The first-order valence-electron chi connectivity index (χ1n) is 9.52. The van der Waals surface area contributed by atoms with Crippen molar-refractivity contribution in [3.8, 4) is 11.3 Å². The average molecular weight is 466 g/mol. The van der Waals surface area contributed by atoms with Crippen LogP contribution in [0.2, 0.25) is 0 Å². The van der Waals surface area contributed by atoms with E-state index in [0.717, 1.165) is 21.8 Å². The number of aromatic nitrogens is 1. The average Bonchev–Trinajstić information content (AvgIpc) is 3.48. The largest absolute Gasteiger partial charge is 0.321 e. The molecule has 0 bridgehead atoms. The number of hydrogen-bond donors (Lipinski definition) is 2. The van der Waals surface area contributed by atoms with Crippen LogP contribution in [-0.2, 0) is 4.79 Å². The second-order valence-corrected chi connectivity index (χ2v) is 9.83. The van der Waals surface area contributed by atoms with Gasteiger partial charge in [-0.15, -0.1) is 34.4 Å². The van der Waals surface area contributed by atoms with Crippen LogP contribution < -0.4 is 10.6 Å². The van der Waals surface area contributed by atoms with Crippen LogP contribution >= 0.6 is 34.4 Å². The molecular weight excluding hydrogens is 446 g/mol. The molecule has 2 aromatic carbocycles. The molecule has 0 aliphatic carbocycles. The van der Waals surface area contributed by atoms with Crippen molar-refractivity contribution in [2.45, 2.75) is 17.1 Å². The molecule has 0 radical (unpaired) electrons. The summed E-state index contributed by atoms with van der Waals surface area (Å²) in [6.45, 7) is 1.86. The molecule has 5 nitrogen and oxygen atoms in total. The van der Waals surface area contributed by atoms with Gasteiger partial charge in [0.2, 0.25) is 5.91 Å². The number of anilines is 2. The fourth-order valence-corrected chi connectivity index (χ4v) is 4.96.